The van der Waals surface area contributed by atoms with Crippen LogP contribution < -0.4 is 5.32 Å². The Hall–Kier alpha value is -2.82. The van der Waals surface area contributed by atoms with E-state index in [1.165, 1.54) is 0 Å². The zero-order chi connectivity index (χ0) is 18.0. The minimum absolute atomic E-state index is 0.00242. The predicted molar refractivity (Wildman–Crippen MR) is 96.2 cm³/mol. The second kappa shape index (κ2) is 6.97. The molecule has 1 aliphatic heterocycles. The van der Waals surface area contributed by atoms with E-state index < -0.39 is 6.04 Å². The highest BCUT2D eigenvalue weighted by molar-refractivity contribution is 5.99. The second-order valence-corrected chi connectivity index (χ2v) is 6.55. The highest BCUT2D eigenvalue weighted by Crippen LogP contribution is 2.25. The van der Waals surface area contributed by atoms with Gasteiger partial charge in [-0.15, -0.1) is 0 Å². The molecule has 3 rings (SSSR count). The van der Waals surface area contributed by atoms with Crippen molar-refractivity contribution in [1.29, 1.82) is 0 Å². The number of carbonyl (C=O) groups is 2. The average Bonchev–Trinajstić information content (AvgIpc) is 2.94. The Kier molecular flexibility index (Phi) is 4.74. The molecule has 1 unspecified atom stereocenters. The van der Waals surface area contributed by atoms with Crippen molar-refractivity contribution >= 4 is 17.5 Å². The number of nitrogens with one attached hydrogen (secondary N) is 1. The van der Waals surface area contributed by atoms with Crippen molar-refractivity contribution in [3.63, 3.8) is 0 Å². The maximum absolute atomic E-state index is 12.6. The zero-order valence-electron chi connectivity index (χ0n) is 14.5. The number of hydrogen-bond donors (Lipinski definition) is 2. The SMILES string of the molecule is Cc1ccc(CN2C(=O)CCC2C(=O)Nc2ccc(O)c(C)c2)cc1. The Labute approximate surface area is 147 Å². The first-order valence-electron chi connectivity index (χ1n) is 8.39. The summed E-state index contributed by atoms with van der Waals surface area (Å²) in [4.78, 5) is 26.5. The first kappa shape index (κ1) is 17.0. The Bertz CT molecular complexity index is 799. The van der Waals surface area contributed by atoms with E-state index >= 15 is 0 Å². The van der Waals surface area contributed by atoms with Crippen LogP contribution in [0.15, 0.2) is 42.5 Å². The molecule has 0 aromatic heterocycles. The number of likely N-dealkylation sites (tertiary alicyclic amines) is 1. The zero-order valence-corrected chi connectivity index (χ0v) is 14.5. The lowest BCUT2D eigenvalue weighted by Crippen LogP contribution is -2.41. The van der Waals surface area contributed by atoms with Crippen molar-refractivity contribution in [1.82, 2.24) is 4.90 Å². The molecule has 1 fully saturated rings. The molecular formula is C20H22N2O3. The molecule has 0 spiro atoms. The molecule has 1 aliphatic rings. The van der Waals surface area contributed by atoms with Crippen LogP contribution in [0, 0.1) is 13.8 Å². The van der Waals surface area contributed by atoms with Crippen LogP contribution in [0.5, 0.6) is 5.75 Å². The normalized spacial score (nSPS) is 17.0. The lowest BCUT2D eigenvalue weighted by atomic mass is 10.1. The van der Waals surface area contributed by atoms with E-state index in [1.54, 1.807) is 30.0 Å². The number of nitrogens with zero attached hydrogens (tertiary/aromatic N) is 1. The summed E-state index contributed by atoms with van der Waals surface area (Å²) in [7, 11) is 0. The van der Waals surface area contributed by atoms with E-state index in [-0.39, 0.29) is 17.6 Å². The quantitative estimate of drug-likeness (QED) is 0.842. The van der Waals surface area contributed by atoms with Crippen molar-refractivity contribution < 1.29 is 14.7 Å². The van der Waals surface area contributed by atoms with Gasteiger partial charge in [0.2, 0.25) is 11.8 Å². The lowest BCUT2D eigenvalue weighted by Gasteiger charge is -2.24. The van der Waals surface area contributed by atoms with Crippen LogP contribution in [0.1, 0.15) is 29.5 Å². The molecular weight excluding hydrogens is 316 g/mol. The Morgan fingerprint density at radius 1 is 1.20 bits per heavy atom. The van der Waals surface area contributed by atoms with Gasteiger partial charge in [0.1, 0.15) is 11.8 Å². The van der Waals surface area contributed by atoms with Gasteiger partial charge in [-0.05, 0) is 49.6 Å². The molecule has 0 radical (unpaired) electrons. The van der Waals surface area contributed by atoms with Crippen LogP contribution in [0.4, 0.5) is 5.69 Å². The number of phenolic OH excluding ortho intramolecular Hbond substituents is 1. The van der Waals surface area contributed by atoms with Crippen molar-refractivity contribution in [2.45, 2.75) is 39.3 Å². The van der Waals surface area contributed by atoms with E-state index in [4.69, 9.17) is 0 Å². The number of aromatic hydroxyl groups is 1. The molecule has 0 bridgehead atoms. The van der Waals surface area contributed by atoms with E-state index in [2.05, 4.69) is 5.32 Å². The minimum atomic E-state index is -0.470. The van der Waals surface area contributed by atoms with Crippen molar-refractivity contribution in [3.05, 3.63) is 59.2 Å². The van der Waals surface area contributed by atoms with E-state index in [0.29, 0.717) is 30.6 Å². The van der Waals surface area contributed by atoms with Crippen LogP contribution >= 0.6 is 0 Å². The molecule has 2 amide bonds. The fourth-order valence-electron chi connectivity index (χ4n) is 3.05. The molecule has 0 saturated carbocycles. The number of carbonyl (C=O) groups excluding carboxylic acids is 2. The molecule has 0 aliphatic carbocycles. The Balaban J connectivity index is 1.72. The number of phenols is 1. The third kappa shape index (κ3) is 3.82. The van der Waals surface area contributed by atoms with Crippen LogP contribution in [0.3, 0.4) is 0 Å². The third-order valence-corrected chi connectivity index (χ3v) is 4.57. The third-order valence-electron chi connectivity index (χ3n) is 4.57. The summed E-state index contributed by atoms with van der Waals surface area (Å²) in [6.07, 6.45) is 0.909. The van der Waals surface area contributed by atoms with Gasteiger partial charge in [-0.25, -0.2) is 0 Å². The first-order chi connectivity index (χ1) is 11.9. The predicted octanol–water partition coefficient (Wildman–Crippen LogP) is 3.14. The molecule has 130 valence electrons. The number of anilines is 1. The van der Waals surface area contributed by atoms with Gasteiger partial charge in [-0.3, -0.25) is 9.59 Å². The van der Waals surface area contributed by atoms with Gasteiger partial charge < -0.3 is 15.3 Å². The molecule has 2 aromatic rings. The largest absolute Gasteiger partial charge is 0.508 e. The summed E-state index contributed by atoms with van der Waals surface area (Å²) in [5.74, 6) is 0.000652. The molecule has 5 nitrogen and oxygen atoms in total. The number of rotatable bonds is 4. The van der Waals surface area contributed by atoms with Gasteiger partial charge in [0.15, 0.2) is 0 Å². The number of benzene rings is 2. The standard InChI is InChI=1S/C20H22N2O3/c1-13-3-5-15(6-4-13)12-22-17(8-10-19(22)24)20(25)21-16-7-9-18(23)14(2)11-16/h3-7,9,11,17,23H,8,10,12H2,1-2H3,(H,21,25). The van der Waals surface area contributed by atoms with Crippen LogP contribution in [0.2, 0.25) is 0 Å². The molecule has 2 N–H and O–H groups in total. The van der Waals surface area contributed by atoms with Crippen LogP contribution in [-0.2, 0) is 16.1 Å². The van der Waals surface area contributed by atoms with Crippen molar-refractivity contribution in [3.8, 4) is 5.75 Å². The van der Waals surface area contributed by atoms with E-state index in [1.807, 2.05) is 31.2 Å². The molecule has 1 saturated heterocycles. The fourth-order valence-corrected chi connectivity index (χ4v) is 3.05. The maximum atomic E-state index is 12.6. The monoisotopic (exact) mass is 338 g/mol. The highest BCUT2D eigenvalue weighted by atomic mass is 16.3. The summed E-state index contributed by atoms with van der Waals surface area (Å²) in [6.45, 7) is 4.22. The number of aryl methyl sites for hydroxylation is 2. The summed E-state index contributed by atoms with van der Waals surface area (Å²) in [5.41, 5.74) is 3.49. The summed E-state index contributed by atoms with van der Waals surface area (Å²) in [5, 5.41) is 12.4. The average molecular weight is 338 g/mol. The van der Waals surface area contributed by atoms with E-state index in [9.17, 15) is 14.7 Å². The number of hydrogen-bond acceptors (Lipinski definition) is 3. The molecule has 1 heterocycles. The second-order valence-electron chi connectivity index (χ2n) is 6.55. The topological polar surface area (TPSA) is 69.6 Å². The van der Waals surface area contributed by atoms with Gasteiger partial charge in [-0.1, -0.05) is 29.8 Å². The maximum Gasteiger partial charge on any atom is 0.247 e. The molecule has 25 heavy (non-hydrogen) atoms. The molecule has 1 atom stereocenters. The Morgan fingerprint density at radius 2 is 1.92 bits per heavy atom. The van der Waals surface area contributed by atoms with Crippen molar-refractivity contribution in [2.75, 3.05) is 5.32 Å². The van der Waals surface area contributed by atoms with E-state index in [0.717, 1.165) is 11.1 Å². The van der Waals surface area contributed by atoms with Crippen LogP contribution in [0.25, 0.3) is 0 Å². The molecule has 2 aromatic carbocycles. The number of amides is 2. The Morgan fingerprint density at radius 3 is 2.60 bits per heavy atom. The van der Waals surface area contributed by atoms with Gasteiger partial charge in [0.05, 0.1) is 0 Å². The summed E-state index contributed by atoms with van der Waals surface area (Å²) in [6, 6.07) is 12.4. The van der Waals surface area contributed by atoms with Gasteiger partial charge in [0, 0.05) is 18.7 Å². The highest BCUT2D eigenvalue weighted by Gasteiger charge is 2.35. The van der Waals surface area contributed by atoms with Crippen LogP contribution in [-0.4, -0.2) is 27.9 Å². The minimum Gasteiger partial charge on any atom is -0.508 e. The van der Waals surface area contributed by atoms with Crippen molar-refractivity contribution in [2.24, 2.45) is 0 Å². The lowest BCUT2D eigenvalue weighted by molar-refractivity contribution is -0.133. The fraction of sp³-hybridized carbons (Fsp3) is 0.300. The van der Waals surface area contributed by atoms with Gasteiger partial charge >= 0.3 is 0 Å². The smallest absolute Gasteiger partial charge is 0.247 e. The summed E-state index contributed by atoms with van der Waals surface area (Å²) < 4.78 is 0. The van der Waals surface area contributed by atoms with Gasteiger partial charge in [0.25, 0.3) is 0 Å². The van der Waals surface area contributed by atoms with Gasteiger partial charge in [-0.2, -0.15) is 0 Å². The summed E-state index contributed by atoms with van der Waals surface area (Å²) >= 11 is 0. The molecule has 5 heteroatoms. The first-order valence-corrected chi connectivity index (χ1v) is 8.39.